The summed E-state index contributed by atoms with van der Waals surface area (Å²) in [7, 11) is 0. The minimum Gasteiger partial charge on any atom is -0.434 e. The molecular formula is C15H13Br2F2NO. The predicted octanol–water partition coefficient (Wildman–Crippen LogP) is 5.99. The molecule has 1 N–H and O–H groups in total. The quantitative estimate of drug-likeness (QED) is 0.641. The van der Waals surface area contributed by atoms with Crippen LogP contribution in [0.3, 0.4) is 0 Å². The van der Waals surface area contributed by atoms with Gasteiger partial charge in [0, 0.05) is 14.5 Å². The van der Waals surface area contributed by atoms with Gasteiger partial charge in [-0.25, -0.2) is 0 Å². The molecule has 0 aliphatic carbocycles. The van der Waals surface area contributed by atoms with E-state index in [9.17, 15) is 8.78 Å². The second-order valence-electron chi connectivity index (χ2n) is 4.41. The fourth-order valence-electron chi connectivity index (χ4n) is 1.96. The van der Waals surface area contributed by atoms with Crippen molar-refractivity contribution >= 4 is 37.5 Å². The first-order chi connectivity index (χ1) is 9.97. The fourth-order valence-corrected chi connectivity index (χ4v) is 2.68. The molecule has 2 aromatic rings. The first kappa shape index (κ1) is 16.2. The average molecular weight is 421 g/mol. The zero-order valence-electron chi connectivity index (χ0n) is 11.1. The van der Waals surface area contributed by atoms with Crippen LogP contribution >= 0.6 is 31.9 Å². The lowest BCUT2D eigenvalue weighted by molar-refractivity contribution is -0.0505. The normalized spacial score (nSPS) is 12.3. The summed E-state index contributed by atoms with van der Waals surface area (Å²) >= 11 is 6.86. The third-order valence-corrected chi connectivity index (χ3v) is 4.09. The van der Waals surface area contributed by atoms with Gasteiger partial charge in [0.15, 0.2) is 0 Å². The summed E-state index contributed by atoms with van der Waals surface area (Å²) < 4.78 is 31.3. The van der Waals surface area contributed by atoms with Crippen LogP contribution in [0.2, 0.25) is 0 Å². The Morgan fingerprint density at radius 2 is 1.81 bits per heavy atom. The Bertz CT molecular complexity index is 622. The highest BCUT2D eigenvalue weighted by Gasteiger charge is 2.15. The number of hydrogen-bond donors (Lipinski definition) is 1. The molecule has 0 heterocycles. The van der Waals surface area contributed by atoms with E-state index in [2.05, 4.69) is 41.9 Å². The number of benzene rings is 2. The molecule has 1 atom stereocenters. The Labute approximate surface area is 138 Å². The molecule has 2 rings (SSSR count). The number of para-hydroxylation sites is 1. The Kier molecular flexibility index (Phi) is 5.58. The van der Waals surface area contributed by atoms with E-state index in [0.717, 1.165) is 14.6 Å². The highest BCUT2D eigenvalue weighted by atomic mass is 79.9. The molecule has 21 heavy (non-hydrogen) atoms. The highest BCUT2D eigenvalue weighted by Crippen LogP contribution is 2.32. The van der Waals surface area contributed by atoms with Crippen LogP contribution in [0.15, 0.2) is 51.4 Å². The molecule has 0 aliphatic rings. The monoisotopic (exact) mass is 419 g/mol. The van der Waals surface area contributed by atoms with Crippen LogP contribution in [0.4, 0.5) is 14.5 Å². The second kappa shape index (κ2) is 7.22. The Morgan fingerprint density at radius 3 is 2.52 bits per heavy atom. The van der Waals surface area contributed by atoms with Crippen LogP contribution in [0.25, 0.3) is 0 Å². The van der Waals surface area contributed by atoms with E-state index in [-0.39, 0.29) is 11.8 Å². The third kappa shape index (κ3) is 4.41. The minimum absolute atomic E-state index is 0.179. The summed E-state index contributed by atoms with van der Waals surface area (Å²) in [6.45, 7) is -0.947. The van der Waals surface area contributed by atoms with Crippen LogP contribution in [-0.2, 0) is 0 Å². The number of anilines is 1. The smallest absolute Gasteiger partial charge is 0.387 e. The van der Waals surface area contributed by atoms with Crippen LogP contribution < -0.4 is 10.1 Å². The van der Waals surface area contributed by atoms with Crippen molar-refractivity contribution < 1.29 is 13.5 Å². The lowest BCUT2D eigenvalue weighted by Crippen LogP contribution is -2.11. The van der Waals surface area contributed by atoms with Crippen molar-refractivity contribution in [3.05, 3.63) is 57.0 Å². The molecule has 2 aromatic carbocycles. The van der Waals surface area contributed by atoms with Gasteiger partial charge < -0.3 is 10.1 Å². The molecule has 0 bridgehead atoms. The molecule has 1 unspecified atom stereocenters. The molecule has 0 amide bonds. The summed E-state index contributed by atoms with van der Waals surface area (Å²) in [6, 6.07) is 12.3. The zero-order chi connectivity index (χ0) is 15.4. The van der Waals surface area contributed by atoms with Crippen molar-refractivity contribution in [3.8, 4) is 5.75 Å². The molecule has 0 saturated heterocycles. The second-order valence-corrected chi connectivity index (χ2v) is 6.18. The number of nitrogens with one attached hydrogen (secondary N) is 1. The van der Waals surface area contributed by atoms with Gasteiger partial charge in [0.05, 0.1) is 11.7 Å². The van der Waals surface area contributed by atoms with Gasteiger partial charge in [0.2, 0.25) is 0 Å². The number of halogens is 4. The first-order valence-electron chi connectivity index (χ1n) is 6.22. The fraction of sp³-hybridized carbons (Fsp3) is 0.200. The molecule has 112 valence electrons. The van der Waals surface area contributed by atoms with Gasteiger partial charge in [-0.1, -0.05) is 34.1 Å². The Balaban J connectivity index is 2.24. The SMILES string of the molecule is CC(Nc1cc(Br)ccc1Br)c1ccccc1OC(F)F. The van der Waals surface area contributed by atoms with Gasteiger partial charge in [0.25, 0.3) is 0 Å². The topological polar surface area (TPSA) is 21.3 Å². The Hall–Kier alpha value is -1.14. The van der Waals surface area contributed by atoms with Gasteiger partial charge in [-0.05, 0) is 47.1 Å². The summed E-state index contributed by atoms with van der Waals surface area (Å²) in [5.41, 5.74) is 1.54. The van der Waals surface area contributed by atoms with Crippen LogP contribution in [0, 0.1) is 0 Å². The molecule has 0 aliphatic heterocycles. The van der Waals surface area contributed by atoms with E-state index >= 15 is 0 Å². The van der Waals surface area contributed by atoms with E-state index in [1.807, 2.05) is 25.1 Å². The van der Waals surface area contributed by atoms with Crippen molar-refractivity contribution in [2.45, 2.75) is 19.6 Å². The van der Waals surface area contributed by atoms with Gasteiger partial charge in [-0.15, -0.1) is 0 Å². The van der Waals surface area contributed by atoms with E-state index in [1.54, 1.807) is 18.2 Å². The Morgan fingerprint density at radius 1 is 1.10 bits per heavy atom. The summed E-state index contributed by atoms with van der Waals surface area (Å²) in [5, 5.41) is 3.28. The minimum atomic E-state index is -2.84. The average Bonchev–Trinajstić information content (AvgIpc) is 2.42. The van der Waals surface area contributed by atoms with Crippen molar-refractivity contribution in [2.24, 2.45) is 0 Å². The van der Waals surface area contributed by atoms with E-state index in [0.29, 0.717) is 5.56 Å². The van der Waals surface area contributed by atoms with Crippen LogP contribution in [0.5, 0.6) is 5.75 Å². The molecular weight excluding hydrogens is 408 g/mol. The van der Waals surface area contributed by atoms with E-state index < -0.39 is 6.61 Å². The first-order valence-corrected chi connectivity index (χ1v) is 7.81. The van der Waals surface area contributed by atoms with Crippen molar-refractivity contribution in [3.63, 3.8) is 0 Å². The molecule has 0 fully saturated rings. The molecule has 0 aromatic heterocycles. The van der Waals surface area contributed by atoms with Crippen molar-refractivity contribution in [2.75, 3.05) is 5.32 Å². The van der Waals surface area contributed by atoms with Gasteiger partial charge in [-0.3, -0.25) is 0 Å². The lowest BCUT2D eigenvalue weighted by atomic mass is 10.1. The van der Waals surface area contributed by atoms with E-state index in [1.165, 1.54) is 6.07 Å². The summed E-state index contributed by atoms with van der Waals surface area (Å²) in [6.07, 6.45) is 0. The maximum atomic E-state index is 12.5. The number of ether oxygens (including phenoxy) is 1. The van der Waals surface area contributed by atoms with Crippen molar-refractivity contribution in [1.29, 1.82) is 0 Å². The number of hydrogen-bond acceptors (Lipinski definition) is 2. The standard InChI is InChI=1S/C15H13Br2F2NO/c1-9(20-13-8-10(16)6-7-12(13)17)11-4-2-3-5-14(11)21-15(18)19/h2-9,15,20H,1H3. The maximum absolute atomic E-state index is 12.5. The lowest BCUT2D eigenvalue weighted by Gasteiger charge is -2.20. The maximum Gasteiger partial charge on any atom is 0.387 e. The molecule has 0 spiro atoms. The largest absolute Gasteiger partial charge is 0.434 e. The van der Waals surface area contributed by atoms with Crippen LogP contribution in [0.1, 0.15) is 18.5 Å². The number of rotatable bonds is 5. The molecule has 2 nitrogen and oxygen atoms in total. The van der Waals surface area contributed by atoms with Gasteiger partial charge in [-0.2, -0.15) is 8.78 Å². The third-order valence-electron chi connectivity index (χ3n) is 2.90. The molecule has 0 radical (unpaired) electrons. The summed E-state index contributed by atoms with van der Waals surface area (Å²) in [4.78, 5) is 0. The highest BCUT2D eigenvalue weighted by molar-refractivity contribution is 9.11. The van der Waals surface area contributed by atoms with E-state index in [4.69, 9.17) is 0 Å². The number of alkyl halides is 2. The van der Waals surface area contributed by atoms with Crippen LogP contribution in [-0.4, -0.2) is 6.61 Å². The van der Waals surface area contributed by atoms with Gasteiger partial charge >= 0.3 is 6.61 Å². The van der Waals surface area contributed by atoms with Crippen molar-refractivity contribution in [1.82, 2.24) is 0 Å². The summed E-state index contributed by atoms with van der Waals surface area (Å²) in [5.74, 6) is 0.179. The molecule has 0 saturated carbocycles. The zero-order valence-corrected chi connectivity index (χ0v) is 14.3. The van der Waals surface area contributed by atoms with Gasteiger partial charge in [0.1, 0.15) is 5.75 Å². The molecule has 6 heteroatoms. The predicted molar refractivity (Wildman–Crippen MR) is 87.0 cm³/mol.